The van der Waals surface area contributed by atoms with Crippen LogP contribution in [0.1, 0.15) is 20.7 Å². The highest BCUT2D eigenvalue weighted by atomic mass is 19.4. The number of rotatable bonds is 3. The third-order valence-corrected chi connectivity index (χ3v) is 2.02. The summed E-state index contributed by atoms with van der Waals surface area (Å²) >= 11 is 0. The summed E-state index contributed by atoms with van der Waals surface area (Å²) in [7, 11) is 0. The second kappa shape index (κ2) is 4.96. The zero-order valence-electron chi connectivity index (χ0n) is 9.25. The Bertz CT molecular complexity index is 522. The highest BCUT2D eigenvalue weighted by Gasteiger charge is 2.38. The second-order valence-electron chi connectivity index (χ2n) is 3.48. The van der Waals surface area contributed by atoms with Gasteiger partial charge in [0.25, 0.3) is 0 Å². The maximum atomic E-state index is 12.1. The van der Waals surface area contributed by atoms with Gasteiger partial charge in [-0.05, 0) is 18.2 Å². The summed E-state index contributed by atoms with van der Waals surface area (Å²) in [6.07, 6.45) is -5.10. The van der Waals surface area contributed by atoms with Gasteiger partial charge in [-0.2, -0.15) is 13.2 Å². The molecule has 0 bridgehead atoms. The smallest absolute Gasteiger partial charge is 0.366 e. The molecule has 3 amide bonds. The first-order valence-electron chi connectivity index (χ1n) is 4.74. The number of carbonyl (C=O) groups is 3. The number of alkyl halides is 3. The molecule has 0 unspecified atom stereocenters. The van der Waals surface area contributed by atoms with Gasteiger partial charge in [-0.15, -0.1) is 0 Å². The largest absolute Gasteiger partial charge is 0.471 e. The van der Waals surface area contributed by atoms with E-state index < -0.39 is 29.6 Å². The van der Waals surface area contributed by atoms with Crippen molar-refractivity contribution >= 4 is 23.4 Å². The van der Waals surface area contributed by atoms with Gasteiger partial charge in [0.05, 0.1) is 0 Å². The number of nitrogens with one attached hydrogen (secondary N) is 1. The van der Waals surface area contributed by atoms with E-state index in [1.807, 2.05) is 0 Å². The highest BCUT2D eigenvalue weighted by Crippen LogP contribution is 2.20. The molecule has 0 fully saturated rings. The molecule has 0 saturated heterocycles. The van der Waals surface area contributed by atoms with E-state index in [1.165, 1.54) is 5.32 Å². The van der Waals surface area contributed by atoms with Gasteiger partial charge in [0, 0.05) is 16.8 Å². The Labute approximate surface area is 104 Å². The lowest BCUT2D eigenvalue weighted by molar-refractivity contribution is -0.167. The maximum Gasteiger partial charge on any atom is 0.471 e. The molecule has 9 heteroatoms. The number of anilines is 1. The van der Waals surface area contributed by atoms with Crippen molar-refractivity contribution in [3.8, 4) is 0 Å². The van der Waals surface area contributed by atoms with E-state index in [9.17, 15) is 27.6 Å². The predicted molar refractivity (Wildman–Crippen MR) is 58.2 cm³/mol. The lowest BCUT2D eigenvalue weighted by Gasteiger charge is -2.10. The first-order chi connectivity index (χ1) is 8.61. The van der Waals surface area contributed by atoms with E-state index in [0.29, 0.717) is 0 Å². The van der Waals surface area contributed by atoms with Crippen LogP contribution in [0.4, 0.5) is 18.9 Å². The van der Waals surface area contributed by atoms with Crippen LogP contribution in [0.2, 0.25) is 0 Å². The number of carbonyl (C=O) groups excluding carboxylic acids is 3. The summed E-state index contributed by atoms with van der Waals surface area (Å²) < 4.78 is 36.2. The number of amides is 3. The van der Waals surface area contributed by atoms with Gasteiger partial charge < -0.3 is 16.8 Å². The number of primary amides is 2. The fourth-order valence-corrected chi connectivity index (χ4v) is 1.19. The minimum Gasteiger partial charge on any atom is -0.366 e. The minimum absolute atomic E-state index is 0.256. The van der Waals surface area contributed by atoms with Crippen LogP contribution in [0.15, 0.2) is 18.2 Å². The SMILES string of the molecule is NC(=O)c1cc(NC(=O)C(F)(F)F)cc(C(N)=O)c1. The van der Waals surface area contributed by atoms with E-state index in [4.69, 9.17) is 11.5 Å². The number of nitrogens with two attached hydrogens (primary N) is 2. The molecule has 1 aromatic rings. The zero-order valence-corrected chi connectivity index (χ0v) is 9.25. The molecule has 0 aliphatic heterocycles. The van der Waals surface area contributed by atoms with Gasteiger partial charge in [0.15, 0.2) is 0 Å². The van der Waals surface area contributed by atoms with Crippen molar-refractivity contribution in [2.45, 2.75) is 6.18 Å². The second-order valence-corrected chi connectivity index (χ2v) is 3.48. The first kappa shape index (κ1) is 14.5. The molecular weight excluding hydrogens is 267 g/mol. The van der Waals surface area contributed by atoms with Crippen LogP contribution in [0.5, 0.6) is 0 Å². The van der Waals surface area contributed by atoms with Crippen molar-refractivity contribution < 1.29 is 27.6 Å². The van der Waals surface area contributed by atoms with Crippen molar-refractivity contribution in [1.82, 2.24) is 0 Å². The van der Waals surface area contributed by atoms with Crippen LogP contribution in [-0.2, 0) is 4.79 Å². The third-order valence-electron chi connectivity index (χ3n) is 2.02. The molecule has 102 valence electrons. The Hall–Kier alpha value is -2.58. The lowest BCUT2D eigenvalue weighted by atomic mass is 10.1. The highest BCUT2D eigenvalue weighted by molar-refractivity contribution is 6.02. The van der Waals surface area contributed by atoms with Crippen LogP contribution in [0.25, 0.3) is 0 Å². The normalized spacial score (nSPS) is 10.9. The molecule has 19 heavy (non-hydrogen) atoms. The predicted octanol–water partition coefficient (Wildman–Crippen LogP) is 0.385. The van der Waals surface area contributed by atoms with Gasteiger partial charge in [0.1, 0.15) is 0 Å². The van der Waals surface area contributed by atoms with Gasteiger partial charge in [0.2, 0.25) is 11.8 Å². The van der Waals surface area contributed by atoms with Gasteiger partial charge in [-0.3, -0.25) is 14.4 Å². The molecule has 0 aromatic heterocycles. The molecule has 0 aliphatic rings. The standard InChI is InChI=1S/C10H8F3N3O3/c11-10(12,13)9(19)16-6-2-4(7(14)17)1-5(3-6)8(15)18/h1-3H,(H2,14,17)(H2,15,18)(H,16,19). The number of benzene rings is 1. The average Bonchev–Trinajstić information content (AvgIpc) is 2.27. The van der Waals surface area contributed by atoms with E-state index in [0.717, 1.165) is 18.2 Å². The summed E-state index contributed by atoms with van der Waals surface area (Å²) in [6.45, 7) is 0. The number of hydrogen-bond acceptors (Lipinski definition) is 3. The fraction of sp³-hybridized carbons (Fsp3) is 0.100. The molecule has 0 atom stereocenters. The fourth-order valence-electron chi connectivity index (χ4n) is 1.19. The van der Waals surface area contributed by atoms with Crippen LogP contribution >= 0.6 is 0 Å². The molecule has 0 aliphatic carbocycles. The van der Waals surface area contributed by atoms with Crippen molar-refractivity contribution in [3.63, 3.8) is 0 Å². The molecule has 0 heterocycles. The van der Waals surface area contributed by atoms with Crippen LogP contribution < -0.4 is 16.8 Å². The van der Waals surface area contributed by atoms with E-state index in [2.05, 4.69) is 0 Å². The summed E-state index contributed by atoms with van der Waals surface area (Å²) in [4.78, 5) is 32.6. The van der Waals surface area contributed by atoms with Crippen LogP contribution in [0, 0.1) is 0 Å². The molecule has 6 nitrogen and oxygen atoms in total. The lowest BCUT2D eigenvalue weighted by Crippen LogP contribution is -2.30. The maximum absolute atomic E-state index is 12.1. The van der Waals surface area contributed by atoms with Gasteiger partial charge >= 0.3 is 12.1 Å². The number of hydrogen-bond donors (Lipinski definition) is 3. The van der Waals surface area contributed by atoms with E-state index in [-0.39, 0.29) is 11.1 Å². The zero-order chi connectivity index (χ0) is 14.8. The molecule has 1 aromatic carbocycles. The number of halogens is 3. The Morgan fingerprint density at radius 1 is 0.947 bits per heavy atom. The van der Waals surface area contributed by atoms with E-state index >= 15 is 0 Å². The monoisotopic (exact) mass is 275 g/mol. The molecule has 1 rings (SSSR count). The first-order valence-corrected chi connectivity index (χ1v) is 4.74. The summed E-state index contributed by atoms with van der Waals surface area (Å²) in [5, 5.41) is 1.49. The molecule has 0 spiro atoms. The molecule has 5 N–H and O–H groups in total. The van der Waals surface area contributed by atoms with Crippen molar-refractivity contribution in [2.24, 2.45) is 11.5 Å². The molecule has 0 saturated carbocycles. The van der Waals surface area contributed by atoms with E-state index in [1.54, 1.807) is 0 Å². The Balaban J connectivity index is 3.17. The van der Waals surface area contributed by atoms with Gasteiger partial charge in [-0.25, -0.2) is 0 Å². The molecule has 0 radical (unpaired) electrons. The van der Waals surface area contributed by atoms with Crippen molar-refractivity contribution in [1.29, 1.82) is 0 Å². The van der Waals surface area contributed by atoms with Crippen molar-refractivity contribution in [3.05, 3.63) is 29.3 Å². The Morgan fingerprint density at radius 2 is 1.37 bits per heavy atom. The summed E-state index contributed by atoms with van der Waals surface area (Å²) in [5.41, 5.74) is 8.96. The van der Waals surface area contributed by atoms with Crippen molar-refractivity contribution in [2.75, 3.05) is 5.32 Å². The molecular formula is C10H8F3N3O3. The van der Waals surface area contributed by atoms with Crippen LogP contribution in [0.3, 0.4) is 0 Å². The Kier molecular flexibility index (Phi) is 3.78. The summed E-state index contributed by atoms with van der Waals surface area (Å²) in [6, 6.07) is 2.81. The summed E-state index contributed by atoms with van der Waals surface area (Å²) in [5.74, 6) is -4.21. The Morgan fingerprint density at radius 3 is 1.68 bits per heavy atom. The average molecular weight is 275 g/mol. The van der Waals surface area contributed by atoms with Gasteiger partial charge in [-0.1, -0.05) is 0 Å². The topological polar surface area (TPSA) is 115 Å². The van der Waals surface area contributed by atoms with Crippen LogP contribution in [-0.4, -0.2) is 23.9 Å². The third kappa shape index (κ3) is 3.69. The quantitative estimate of drug-likeness (QED) is 0.740. The minimum atomic E-state index is -5.10.